The maximum absolute atomic E-state index is 13.0. The fourth-order valence-corrected chi connectivity index (χ4v) is 3.75. The van der Waals surface area contributed by atoms with Crippen molar-refractivity contribution >= 4 is 51.0 Å². The highest BCUT2D eigenvalue weighted by Crippen LogP contribution is 2.41. The summed E-state index contributed by atoms with van der Waals surface area (Å²) in [6.07, 6.45) is 4.03. The summed E-state index contributed by atoms with van der Waals surface area (Å²) >= 11 is 1.28. The summed E-state index contributed by atoms with van der Waals surface area (Å²) in [7, 11) is 4.55. The van der Waals surface area contributed by atoms with Crippen LogP contribution in [0.25, 0.3) is 21.9 Å². The maximum Gasteiger partial charge on any atom is 0.238 e. The minimum atomic E-state index is -0.355. The molecule has 9 nitrogen and oxygen atoms in total. The molecule has 0 saturated carbocycles. The van der Waals surface area contributed by atoms with Gasteiger partial charge in [0.05, 0.1) is 43.4 Å². The Morgan fingerprint density at radius 2 is 1.96 bits per heavy atom. The molecule has 0 aliphatic carbocycles. The van der Waals surface area contributed by atoms with E-state index in [0.717, 1.165) is 0 Å². The summed E-state index contributed by atoms with van der Waals surface area (Å²) in [5, 5.41) is 9.19. The van der Waals surface area contributed by atoms with Gasteiger partial charge in [-0.05, 0) is 6.07 Å². The molecule has 1 amide bonds. The second-order valence-corrected chi connectivity index (χ2v) is 6.77. The molecule has 0 radical (unpaired) electrons. The number of nitrogens with zero attached hydrogens (tertiary/aromatic N) is 3. The summed E-state index contributed by atoms with van der Waals surface area (Å²) in [5.41, 5.74) is 0.463. The second kappa shape index (κ2) is 7.04. The number of ether oxygens (including phenoxy) is 2. The molecule has 144 valence electrons. The number of benzene rings is 1. The summed E-state index contributed by atoms with van der Waals surface area (Å²) in [4.78, 5) is 26.0. The summed E-state index contributed by atoms with van der Waals surface area (Å²) in [5.74, 6) is 0.900. The number of furan rings is 1. The van der Waals surface area contributed by atoms with Gasteiger partial charge < -0.3 is 18.3 Å². The van der Waals surface area contributed by atoms with Crippen molar-refractivity contribution in [3.8, 4) is 11.5 Å². The van der Waals surface area contributed by atoms with Gasteiger partial charge >= 0.3 is 0 Å². The van der Waals surface area contributed by atoms with Crippen LogP contribution in [0.15, 0.2) is 42.4 Å². The van der Waals surface area contributed by atoms with Gasteiger partial charge in [0.1, 0.15) is 17.4 Å². The SMILES string of the molecule is COc1c2occc2c(OC)c2c(=O)c(/C=N/N=C3\SCC(=O)N3C)coc12. The van der Waals surface area contributed by atoms with Gasteiger partial charge in [0.2, 0.25) is 17.1 Å². The van der Waals surface area contributed by atoms with Gasteiger partial charge in [-0.2, -0.15) is 5.10 Å². The Balaban J connectivity index is 1.86. The molecule has 1 saturated heterocycles. The lowest BCUT2D eigenvalue weighted by Crippen LogP contribution is -2.24. The van der Waals surface area contributed by atoms with E-state index in [9.17, 15) is 9.59 Å². The lowest BCUT2D eigenvalue weighted by Gasteiger charge is -2.10. The molecule has 10 heteroatoms. The van der Waals surface area contributed by atoms with Crippen molar-refractivity contribution in [3.63, 3.8) is 0 Å². The van der Waals surface area contributed by atoms with Gasteiger partial charge in [-0.25, -0.2) is 0 Å². The third-order valence-corrected chi connectivity index (χ3v) is 5.31. The zero-order valence-corrected chi connectivity index (χ0v) is 16.0. The Kier molecular flexibility index (Phi) is 4.55. The number of hydrogen-bond donors (Lipinski definition) is 0. The zero-order chi connectivity index (χ0) is 19.8. The van der Waals surface area contributed by atoms with Gasteiger partial charge in [0.15, 0.2) is 16.3 Å². The molecule has 4 rings (SSSR count). The fourth-order valence-electron chi connectivity index (χ4n) is 2.91. The third-order valence-electron chi connectivity index (χ3n) is 4.30. The van der Waals surface area contributed by atoms with Crippen LogP contribution in [0.5, 0.6) is 11.5 Å². The monoisotopic (exact) mass is 401 g/mol. The van der Waals surface area contributed by atoms with Crippen LogP contribution in [-0.4, -0.2) is 49.2 Å². The number of fused-ring (bicyclic) bond motifs is 2. The highest BCUT2D eigenvalue weighted by molar-refractivity contribution is 8.15. The van der Waals surface area contributed by atoms with Gasteiger partial charge in [-0.15, -0.1) is 5.10 Å². The van der Waals surface area contributed by atoms with E-state index in [1.807, 2.05) is 0 Å². The van der Waals surface area contributed by atoms with E-state index >= 15 is 0 Å². The minimum absolute atomic E-state index is 0.0508. The molecule has 0 atom stereocenters. The highest BCUT2D eigenvalue weighted by atomic mass is 32.2. The average Bonchev–Trinajstić information content (AvgIpc) is 3.30. The van der Waals surface area contributed by atoms with Crippen LogP contribution >= 0.6 is 11.8 Å². The Hall–Kier alpha value is -3.27. The topological polar surface area (TPSA) is 107 Å². The van der Waals surface area contributed by atoms with E-state index in [-0.39, 0.29) is 27.9 Å². The summed E-state index contributed by atoms with van der Waals surface area (Å²) in [6, 6.07) is 1.69. The van der Waals surface area contributed by atoms with Crippen LogP contribution < -0.4 is 14.9 Å². The average molecular weight is 401 g/mol. The summed E-state index contributed by atoms with van der Waals surface area (Å²) in [6.45, 7) is 0. The number of carbonyl (C=O) groups excluding carboxylic acids is 1. The largest absolute Gasteiger partial charge is 0.495 e. The molecule has 3 aromatic rings. The van der Waals surface area contributed by atoms with Crippen molar-refractivity contribution in [1.29, 1.82) is 0 Å². The Bertz CT molecular complexity index is 1210. The number of methoxy groups -OCH3 is 2. The number of carbonyl (C=O) groups is 1. The maximum atomic E-state index is 13.0. The third kappa shape index (κ3) is 2.73. The first-order valence-corrected chi connectivity index (χ1v) is 9.12. The molecular weight excluding hydrogens is 386 g/mol. The van der Waals surface area contributed by atoms with E-state index in [2.05, 4.69) is 10.2 Å². The van der Waals surface area contributed by atoms with Crippen LogP contribution in [-0.2, 0) is 4.79 Å². The van der Waals surface area contributed by atoms with Crippen molar-refractivity contribution in [1.82, 2.24) is 4.90 Å². The van der Waals surface area contributed by atoms with Crippen LogP contribution in [0.1, 0.15) is 5.56 Å². The molecule has 0 N–H and O–H groups in total. The number of rotatable bonds is 4. The number of thioether (sulfide) groups is 1. The first-order chi connectivity index (χ1) is 13.6. The van der Waals surface area contributed by atoms with Crippen molar-refractivity contribution in [2.45, 2.75) is 0 Å². The van der Waals surface area contributed by atoms with E-state index < -0.39 is 0 Å². The molecule has 1 aliphatic heterocycles. The van der Waals surface area contributed by atoms with Crippen molar-refractivity contribution in [2.24, 2.45) is 10.2 Å². The molecule has 1 fully saturated rings. The Morgan fingerprint density at radius 3 is 2.64 bits per heavy atom. The van der Waals surface area contributed by atoms with Gasteiger partial charge in [0, 0.05) is 7.05 Å². The van der Waals surface area contributed by atoms with E-state index in [1.54, 1.807) is 13.1 Å². The standard InChI is InChI=1S/C18H15N3O6S/c1-21-11(22)8-28-18(21)20-19-6-9-7-27-16-12(13(9)23)14(24-2)10-4-5-26-15(10)17(16)25-3/h4-7H,8H2,1-3H3/b19-6+,20-18-. The molecule has 3 heterocycles. The minimum Gasteiger partial charge on any atom is -0.495 e. The van der Waals surface area contributed by atoms with Crippen molar-refractivity contribution < 1.29 is 23.1 Å². The predicted octanol–water partition coefficient (Wildman–Crippen LogP) is 2.45. The quantitative estimate of drug-likeness (QED) is 0.488. The lowest BCUT2D eigenvalue weighted by molar-refractivity contribution is -0.123. The van der Waals surface area contributed by atoms with E-state index in [4.69, 9.17) is 18.3 Å². The van der Waals surface area contributed by atoms with Crippen LogP contribution in [0, 0.1) is 0 Å². The molecule has 0 bridgehead atoms. The van der Waals surface area contributed by atoms with E-state index in [1.165, 1.54) is 49.6 Å². The summed E-state index contributed by atoms with van der Waals surface area (Å²) < 4.78 is 21.9. The second-order valence-electron chi connectivity index (χ2n) is 5.82. The fraction of sp³-hybridized carbons (Fsp3) is 0.222. The molecule has 0 spiro atoms. The molecular formula is C18H15N3O6S. The Labute approximate surface area is 162 Å². The van der Waals surface area contributed by atoms with Crippen LogP contribution in [0.4, 0.5) is 0 Å². The van der Waals surface area contributed by atoms with Gasteiger partial charge in [-0.3, -0.25) is 14.5 Å². The van der Waals surface area contributed by atoms with Crippen LogP contribution in [0.2, 0.25) is 0 Å². The lowest BCUT2D eigenvalue weighted by atomic mass is 10.1. The molecule has 28 heavy (non-hydrogen) atoms. The Morgan fingerprint density at radius 1 is 1.18 bits per heavy atom. The predicted molar refractivity (Wildman–Crippen MR) is 106 cm³/mol. The van der Waals surface area contributed by atoms with Crippen molar-refractivity contribution in [3.05, 3.63) is 34.4 Å². The van der Waals surface area contributed by atoms with E-state index in [0.29, 0.717) is 33.4 Å². The number of amidine groups is 1. The molecule has 2 aromatic heterocycles. The first-order valence-electron chi connectivity index (χ1n) is 8.13. The number of amides is 1. The molecule has 1 aliphatic rings. The normalized spacial score (nSPS) is 16.2. The zero-order valence-electron chi connectivity index (χ0n) is 15.2. The smallest absolute Gasteiger partial charge is 0.238 e. The highest BCUT2D eigenvalue weighted by Gasteiger charge is 2.25. The van der Waals surface area contributed by atoms with Crippen LogP contribution in [0.3, 0.4) is 0 Å². The molecule has 1 aromatic carbocycles. The first kappa shape index (κ1) is 18.1. The van der Waals surface area contributed by atoms with Gasteiger partial charge in [-0.1, -0.05) is 11.8 Å². The van der Waals surface area contributed by atoms with Crippen molar-refractivity contribution in [2.75, 3.05) is 27.0 Å². The van der Waals surface area contributed by atoms with Gasteiger partial charge in [0.25, 0.3) is 0 Å². The number of hydrogen-bond acceptors (Lipinski definition) is 9. The molecule has 0 unspecified atom stereocenters.